The number of anilines is 1. The summed E-state index contributed by atoms with van der Waals surface area (Å²) in [4.78, 5) is 2.42. The molecule has 0 radical (unpaired) electrons. The molecule has 0 aromatic heterocycles. The Kier molecular flexibility index (Phi) is 1.95. The fourth-order valence-corrected chi connectivity index (χ4v) is 2.45. The fourth-order valence-electron chi connectivity index (χ4n) is 2.45. The van der Waals surface area contributed by atoms with E-state index in [1.165, 1.54) is 30.5 Å². The van der Waals surface area contributed by atoms with Crippen molar-refractivity contribution in [2.45, 2.75) is 32.1 Å². The van der Waals surface area contributed by atoms with Crippen molar-refractivity contribution in [2.75, 3.05) is 11.4 Å². The first-order chi connectivity index (χ1) is 6.95. The minimum atomic E-state index is 0.346. The number of nitrogens with zero attached hydrogens (tertiary/aromatic N) is 1. The second-order valence-electron chi connectivity index (χ2n) is 4.08. The molecule has 2 heteroatoms. The van der Waals surface area contributed by atoms with Crippen molar-refractivity contribution in [1.29, 1.82) is 0 Å². The van der Waals surface area contributed by atoms with E-state index < -0.39 is 0 Å². The molecule has 0 amide bonds. The number of fused-ring (bicyclic) bond motifs is 3. The van der Waals surface area contributed by atoms with Gasteiger partial charge in [-0.15, -0.1) is 0 Å². The molecule has 0 N–H and O–H groups in total. The summed E-state index contributed by atoms with van der Waals surface area (Å²) < 4.78 is 5.83. The summed E-state index contributed by atoms with van der Waals surface area (Å²) in [6.45, 7) is 1.94. The summed E-state index contributed by atoms with van der Waals surface area (Å²) in [5.41, 5.74) is 2.73. The van der Waals surface area contributed by atoms with Crippen molar-refractivity contribution >= 4 is 5.69 Å². The minimum Gasteiger partial charge on any atom is -0.354 e. The van der Waals surface area contributed by atoms with E-state index in [0.29, 0.717) is 6.23 Å². The first kappa shape index (κ1) is 8.30. The molecular formula is C12H15NO. The molecule has 1 aromatic rings. The molecule has 14 heavy (non-hydrogen) atoms. The molecule has 1 fully saturated rings. The van der Waals surface area contributed by atoms with Gasteiger partial charge >= 0.3 is 0 Å². The molecule has 74 valence electrons. The van der Waals surface area contributed by atoms with E-state index in [1.807, 2.05) is 0 Å². The van der Waals surface area contributed by atoms with Gasteiger partial charge in [0.2, 0.25) is 0 Å². The minimum absolute atomic E-state index is 0.346. The van der Waals surface area contributed by atoms with Crippen LogP contribution in [0.1, 0.15) is 24.8 Å². The van der Waals surface area contributed by atoms with Gasteiger partial charge in [0.25, 0.3) is 0 Å². The standard InChI is InChI=1S/C12H15NO/c1-2-6-11-10(5-1)9-14-12-7-3-4-8-13(11)12/h1-2,5-6,12H,3-4,7-9H2. The van der Waals surface area contributed by atoms with Crippen molar-refractivity contribution in [1.82, 2.24) is 0 Å². The highest BCUT2D eigenvalue weighted by Crippen LogP contribution is 2.33. The van der Waals surface area contributed by atoms with Gasteiger partial charge in [-0.25, -0.2) is 0 Å². The van der Waals surface area contributed by atoms with Crippen LogP contribution in [0.15, 0.2) is 24.3 Å². The fraction of sp³-hybridized carbons (Fsp3) is 0.500. The average molecular weight is 189 g/mol. The summed E-state index contributed by atoms with van der Waals surface area (Å²) in [6.07, 6.45) is 4.14. The molecule has 1 saturated heterocycles. The van der Waals surface area contributed by atoms with E-state index in [1.54, 1.807) is 0 Å². The van der Waals surface area contributed by atoms with Crippen LogP contribution in [0.2, 0.25) is 0 Å². The highest BCUT2D eigenvalue weighted by atomic mass is 16.5. The van der Waals surface area contributed by atoms with Crippen LogP contribution in [0.25, 0.3) is 0 Å². The lowest BCUT2D eigenvalue weighted by Crippen LogP contribution is -2.44. The number of piperidine rings is 1. The van der Waals surface area contributed by atoms with Crippen LogP contribution in [0.4, 0.5) is 5.69 Å². The number of hydrogen-bond acceptors (Lipinski definition) is 2. The quantitative estimate of drug-likeness (QED) is 0.622. The first-order valence-corrected chi connectivity index (χ1v) is 5.41. The molecule has 1 atom stereocenters. The zero-order chi connectivity index (χ0) is 9.38. The van der Waals surface area contributed by atoms with Crippen LogP contribution in [0.3, 0.4) is 0 Å². The Hall–Kier alpha value is -1.02. The molecule has 2 heterocycles. The molecule has 1 unspecified atom stereocenters. The van der Waals surface area contributed by atoms with Crippen molar-refractivity contribution in [2.24, 2.45) is 0 Å². The van der Waals surface area contributed by atoms with E-state index in [9.17, 15) is 0 Å². The molecule has 0 aliphatic carbocycles. The molecular weight excluding hydrogens is 174 g/mol. The van der Waals surface area contributed by atoms with Gasteiger partial charge in [-0.05, 0) is 25.3 Å². The lowest BCUT2D eigenvalue weighted by molar-refractivity contribution is 0.0129. The van der Waals surface area contributed by atoms with Gasteiger partial charge in [-0.3, -0.25) is 0 Å². The number of hydrogen-bond donors (Lipinski definition) is 0. The number of benzene rings is 1. The lowest BCUT2D eigenvalue weighted by Gasteiger charge is -2.41. The zero-order valence-corrected chi connectivity index (χ0v) is 8.28. The van der Waals surface area contributed by atoms with E-state index >= 15 is 0 Å². The summed E-state index contributed by atoms with van der Waals surface area (Å²) in [6, 6.07) is 8.60. The third-order valence-electron chi connectivity index (χ3n) is 3.18. The molecule has 3 rings (SSSR count). The van der Waals surface area contributed by atoms with Gasteiger partial charge in [0.05, 0.1) is 6.61 Å². The van der Waals surface area contributed by atoms with Crippen LogP contribution in [0.5, 0.6) is 0 Å². The van der Waals surface area contributed by atoms with E-state index in [2.05, 4.69) is 29.2 Å². The largest absolute Gasteiger partial charge is 0.354 e. The Bertz CT molecular complexity index is 337. The summed E-state index contributed by atoms with van der Waals surface area (Å²) in [5.74, 6) is 0. The average Bonchev–Trinajstić information content (AvgIpc) is 2.29. The third kappa shape index (κ3) is 1.22. The first-order valence-electron chi connectivity index (χ1n) is 5.41. The van der Waals surface area contributed by atoms with Crippen LogP contribution in [-0.4, -0.2) is 12.8 Å². The Morgan fingerprint density at radius 1 is 1.21 bits per heavy atom. The predicted molar refractivity (Wildman–Crippen MR) is 56.2 cm³/mol. The van der Waals surface area contributed by atoms with Crippen LogP contribution in [0, 0.1) is 0 Å². The van der Waals surface area contributed by atoms with Crippen molar-refractivity contribution in [3.63, 3.8) is 0 Å². The maximum atomic E-state index is 5.83. The summed E-state index contributed by atoms with van der Waals surface area (Å²) >= 11 is 0. The molecule has 2 nitrogen and oxygen atoms in total. The lowest BCUT2D eigenvalue weighted by atomic mass is 10.0. The summed E-state index contributed by atoms with van der Waals surface area (Å²) in [5, 5.41) is 0. The molecule has 2 aliphatic heterocycles. The number of ether oxygens (including phenoxy) is 1. The van der Waals surface area contributed by atoms with Gasteiger partial charge in [0, 0.05) is 17.8 Å². The maximum Gasteiger partial charge on any atom is 0.130 e. The summed E-state index contributed by atoms with van der Waals surface area (Å²) in [7, 11) is 0. The van der Waals surface area contributed by atoms with Gasteiger partial charge in [0.15, 0.2) is 0 Å². The molecule has 0 spiro atoms. The van der Waals surface area contributed by atoms with E-state index in [4.69, 9.17) is 4.74 Å². The van der Waals surface area contributed by atoms with Gasteiger partial charge < -0.3 is 9.64 Å². The molecule has 2 aliphatic rings. The van der Waals surface area contributed by atoms with Gasteiger partial charge in [-0.1, -0.05) is 18.2 Å². The zero-order valence-electron chi connectivity index (χ0n) is 8.28. The smallest absolute Gasteiger partial charge is 0.130 e. The number of para-hydroxylation sites is 1. The molecule has 1 aromatic carbocycles. The molecule has 0 bridgehead atoms. The van der Waals surface area contributed by atoms with Crippen LogP contribution >= 0.6 is 0 Å². The van der Waals surface area contributed by atoms with Crippen LogP contribution < -0.4 is 4.90 Å². The second-order valence-corrected chi connectivity index (χ2v) is 4.08. The van der Waals surface area contributed by atoms with E-state index in [-0.39, 0.29) is 0 Å². The predicted octanol–water partition coefficient (Wildman–Crippen LogP) is 2.53. The maximum absolute atomic E-state index is 5.83. The highest BCUT2D eigenvalue weighted by Gasteiger charge is 2.28. The second kappa shape index (κ2) is 3.28. The topological polar surface area (TPSA) is 12.5 Å². The Morgan fingerprint density at radius 3 is 3.14 bits per heavy atom. The highest BCUT2D eigenvalue weighted by molar-refractivity contribution is 5.55. The van der Waals surface area contributed by atoms with Gasteiger partial charge in [0.1, 0.15) is 6.23 Å². The van der Waals surface area contributed by atoms with Crippen molar-refractivity contribution < 1.29 is 4.74 Å². The van der Waals surface area contributed by atoms with Crippen molar-refractivity contribution in [3.8, 4) is 0 Å². The van der Waals surface area contributed by atoms with E-state index in [0.717, 1.165) is 13.2 Å². The number of rotatable bonds is 0. The normalized spacial score (nSPS) is 25.4. The van der Waals surface area contributed by atoms with Crippen LogP contribution in [-0.2, 0) is 11.3 Å². The Morgan fingerprint density at radius 2 is 2.14 bits per heavy atom. The monoisotopic (exact) mass is 189 g/mol. The van der Waals surface area contributed by atoms with Crippen molar-refractivity contribution in [3.05, 3.63) is 29.8 Å². The molecule has 0 saturated carbocycles. The Labute approximate surface area is 84.5 Å². The van der Waals surface area contributed by atoms with Gasteiger partial charge in [-0.2, -0.15) is 0 Å². The SMILES string of the molecule is c1ccc2c(c1)COC1CCCCN21. The third-order valence-corrected chi connectivity index (χ3v) is 3.18. The Balaban J connectivity index is 1.99.